The second kappa shape index (κ2) is 8.13. The van der Waals surface area contributed by atoms with Gasteiger partial charge in [0.2, 0.25) is 0 Å². The summed E-state index contributed by atoms with van der Waals surface area (Å²) in [7, 11) is 3.26. The average molecular weight is 427 g/mol. The molecule has 7 heteroatoms. The third-order valence-corrected chi connectivity index (χ3v) is 6.15. The van der Waals surface area contributed by atoms with Crippen molar-refractivity contribution in [2.24, 2.45) is 5.41 Å². The van der Waals surface area contributed by atoms with Crippen LogP contribution in [-0.4, -0.2) is 44.4 Å². The molecule has 2 atom stereocenters. The summed E-state index contributed by atoms with van der Waals surface area (Å²) in [6, 6.07) is 5.36. The van der Waals surface area contributed by atoms with E-state index >= 15 is 0 Å². The zero-order valence-corrected chi connectivity index (χ0v) is 18.7. The molecule has 0 spiro atoms. The maximum Gasteiger partial charge on any atom is 0.192 e. The van der Waals surface area contributed by atoms with Gasteiger partial charge >= 0.3 is 0 Å². The fourth-order valence-corrected chi connectivity index (χ4v) is 4.62. The number of nitrogens with zero attached hydrogens (tertiary/aromatic N) is 1. The average Bonchev–Trinajstić information content (AvgIpc) is 3.05. The van der Waals surface area contributed by atoms with Crippen molar-refractivity contribution in [3.8, 4) is 22.8 Å². The van der Waals surface area contributed by atoms with Crippen LogP contribution in [0.25, 0.3) is 11.3 Å². The van der Waals surface area contributed by atoms with E-state index in [1.807, 2.05) is 16.7 Å². The molecule has 0 unspecified atom stereocenters. The minimum atomic E-state index is -0.279. The fourth-order valence-electron chi connectivity index (χ4n) is 4.62. The molecule has 0 N–H and O–H groups in total. The number of rotatable bonds is 7. The number of carbonyl (C=O) groups excluding carboxylic acids is 1. The molecule has 31 heavy (non-hydrogen) atoms. The SMILES string of the molecule is COCCCOc1cc2c(cc1OC)-c1cc(=O)c(C(C)=O)cn1[C@H]1[C@@H]2OCC1(C)C. The highest BCUT2D eigenvalue weighted by Gasteiger charge is 2.49. The van der Waals surface area contributed by atoms with Gasteiger partial charge < -0.3 is 23.5 Å². The van der Waals surface area contributed by atoms with Crippen molar-refractivity contribution in [3.63, 3.8) is 0 Å². The van der Waals surface area contributed by atoms with Gasteiger partial charge in [-0.1, -0.05) is 13.8 Å². The Morgan fingerprint density at radius 3 is 2.65 bits per heavy atom. The van der Waals surface area contributed by atoms with Crippen LogP contribution in [0.5, 0.6) is 11.5 Å². The topological polar surface area (TPSA) is 76.0 Å². The van der Waals surface area contributed by atoms with Crippen LogP contribution in [0.3, 0.4) is 0 Å². The molecule has 2 aromatic rings. The summed E-state index contributed by atoms with van der Waals surface area (Å²) in [5.41, 5.74) is 2.31. The summed E-state index contributed by atoms with van der Waals surface area (Å²) < 4.78 is 25.0. The number of benzene rings is 1. The minimum Gasteiger partial charge on any atom is -0.493 e. The number of hydrogen-bond acceptors (Lipinski definition) is 6. The lowest BCUT2D eigenvalue weighted by Gasteiger charge is -2.38. The van der Waals surface area contributed by atoms with Crippen LogP contribution in [-0.2, 0) is 9.47 Å². The summed E-state index contributed by atoms with van der Waals surface area (Å²) >= 11 is 0. The normalized spacial score (nSPS) is 20.5. The Morgan fingerprint density at radius 2 is 1.97 bits per heavy atom. The Labute approximate surface area is 181 Å². The maximum atomic E-state index is 12.7. The van der Waals surface area contributed by atoms with Crippen molar-refractivity contribution >= 4 is 5.78 Å². The number of aromatic nitrogens is 1. The van der Waals surface area contributed by atoms with Gasteiger partial charge in [-0.3, -0.25) is 9.59 Å². The first-order chi connectivity index (χ1) is 14.8. The van der Waals surface area contributed by atoms with E-state index in [4.69, 9.17) is 18.9 Å². The van der Waals surface area contributed by atoms with Crippen LogP contribution < -0.4 is 14.9 Å². The molecule has 1 aromatic heterocycles. The Bertz CT molecular complexity index is 1070. The quantitative estimate of drug-likeness (QED) is 0.494. The molecule has 0 bridgehead atoms. The number of ketones is 1. The summed E-state index contributed by atoms with van der Waals surface area (Å²) in [6.45, 7) is 7.39. The Morgan fingerprint density at radius 1 is 1.19 bits per heavy atom. The van der Waals surface area contributed by atoms with Crippen molar-refractivity contribution in [1.82, 2.24) is 4.57 Å². The van der Waals surface area contributed by atoms with E-state index in [-0.39, 0.29) is 34.3 Å². The van der Waals surface area contributed by atoms with Gasteiger partial charge in [0, 0.05) is 43.4 Å². The highest BCUT2D eigenvalue weighted by molar-refractivity contribution is 5.94. The van der Waals surface area contributed by atoms with Gasteiger partial charge in [0.25, 0.3) is 0 Å². The Balaban J connectivity index is 1.88. The van der Waals surface area contributed by atoms with Gasteiger partial charge in [0.1, 0.15) is 6.10 Å². The first-order valence-corrected chi connectivity index (χ1v) is 10.5. The van der Waals surface area contributed by atoms with Gasteiger partial charge in [-0.25, -0.2) is 0 Å². The van der Waals surface area contributed by atoms with Gasteiger partial charge in [-0.2, -0.15) is 0 Å². The number of ether oxygens (including phenoxy) is 4. The first kappa shape index (κ1) is 21.6. The molecule has 166 valence electrons. The summed E-state index contributed by atoms with van der Waals surface area (Å²) in [5, 5.41) is 0. The first-order valence-electron chi connectivity index (χ1n) is 10.5. The van der Waals surface area contributed by atoms with Crippen molar-refractivity contribution < 1.29 is 23.7 Å². The standard InChI is InChI=1S/C24H29NO6/c1-14(26)17-12-25-18(11-19(17)27)15-9-20(29-5)21(30-8-6-7-28-4)10-16(15)22-23(25)24(2,3)13-31-22/h9-12,22-23H,6-8,13H2,1-5H3/t22-,23+/m1/s1. The molecule has 2 aliphatic rings. The predicted octanol–water partition coefficient (Wildman–Crippen LogP) is 3.79. The van der Waals surface area contributed by atoms with Crippen molar-refractivity contribution in [2.75, 3.05) is 34.0 Å². The van der Waals surface area contributed by atoms with Gasteiger partial charge in [0.05, 0.1) is 37.6 Å². The minimum absolute atomic E-state index is 0.0524. The molecule has 1 saturated heterocycles. The molecule has 1 aromatic carbocycles. The van der Waals surface area contributed by atoms with E-state index in [1.165, 1.54) is 6.92 Å². The second-order valence-electron chi connectivity index (χ2n) is 8.85. The summed E-state index contributed by atoms with van der Waals surface area (Å²) in [6.07, 6.45) is 2.24. The molecule has 1 fully saturated rings. The Kier molecular flexibility index (Phi) is 5.66. The monoisotopic (exact) mass is 427 g/mol. The molecule has 0 radical (unpaired) electrons. The number of Topliss-reactive ketones (excluding diaryl/α,β-unsaturated/α-hetero) is 1. The zero-order valence-electron chi connectivity index (χ0n) is 18.7. The summed E-state index contributed by atoms with van der Waals surface area (Å²) in [4.78, 5) is 24.7. The molecular formula is C24H29NO6. The van der Waals surface area contributed by atoms with E-state index in [9.17, 15) is 9.59 Å². The number of hydrogen-bond donors (Lipinski definition) is 0. The molecule has 2 aliphatic heterocycles. The molecule has 0 amide bonds. The number of carbonyl (C=O) groups is 1. The summed E-state index contributed by atoms with van der Waals surface area (Å²) in [5.74, 6) is 0.985. The second-order valence-corrected chi connectivity index (χ2v) is 8.85. The zero-order chi connectivity index (χ0) is 22.3. The lowest BCUT2D eigenvalue weighted by molar-refractivity contribution is 0.0883. The third kappa shape index (κ3) is 3.66. The van der Waals surface area contributed by atoms with Crippen LogP contribution in [0.15, 0.2) is 29.2 Å². The van der Waals surface area contributed by atoms with Crippen LogP contribution >= 0.6 is 0 Å². The molecule has 0 saturated carbocycles. The van der Waals surface area contributed by atoms with Crippen LogP contribution in [0.4, 0.5) is 0 Å². The number of fused-ring (bicyclic) bond motifs is 6. The highest BCUT2D eigenvalue weighted by atomic mass is 16.5. The number of methoxy groups -OCH3 is 2. The van der Waals surface area contributed by atoms with E-state index < -0.39 is 0 Å². The smallest absolute Gasteiger partial charge is 0.192 e. The Hall–Kier alpha value is -2.64. The molecule has 7 nitrogen and oxygen atoms in total. The highest BCUT2D eigenvalue weighted by Crippen LogP contribution is 2.56. The predicted molar refractivity (Wildman–Crippen MR) is 116 cm³/mol. The molecular weight excluding hydrogens is 398 g/mol. The van der Waals surface area contributed by atoms with Crippen LogP contribution in [0, 0.1) is 5.41 Å². The largest absolute Gasteiger partial charge is 0.493 e. The molecule has 0 aliphatic carbocycles. The van der Waals surface area contributed by atoms with Gasteiger partial charge in [-0.05, 0) is 24.6 Å². The van der Waals surface area contributed by atoms with Gasteiger partial charge in [-0.15, -0.1) is 0 Å². The van der Waals surface area contributed by atoms with Crippen molar-refractivity contribution in [3.05, 3.63) is 45.7 Å². The van der Waals surface area contributed by atoms with Crippen molar-refractivity contribution in [1.29, 1.82) is 0 Å². The fraction of sp³-hybridized carbons (Fsp3) is 0.500. The number of pyridine rings is 1. The molecule has 4 rings (SSSR count). The van der Waals surface area contributed by atoms with Crippen LogP contribution in [0.1, 0.15) is 55.3 Å². The van der Waals surface area contributed by atoms with E-state index in [2.05, 4.69) is 13.8 Å². The van der Waals surface area contributed by atoms with Crippen LogP contribution in [0.2, 0.25) is 0 Å². The third-order valence-electron chi connectivity index (χ3n) is 6.15. The van der Waals surface area contributed by atoms with E-state index in [0.717, 1.165) is 23.2 Å². The van der Waals surface area contributed by atoms with Crippen molar-refractivity contribution in [2.45, 2.75) is 39.3 Å². The van der Waals surface area contributed by atoms with Gasteiger partial charge in [0.15, 0.2) is 22.7 Å². The lowest BCUT2D eigenvalue weighted by atomic mass is 9.78. The lowest BCUT2D eigenvalue weighted by Crippen LogP contribution is -2.32. The van der Waals surface area contributed by atoms with E-state index in [1.54, 1.807) is 26.5 Å². The van der Waals surface area contributed by atoms with E-state index in [0.29, 0.717) is 31.3 Å². The maximum absolute atomic E-state index is 12.7. The molecule has 3 heterocycles.